The van der Waals surface area contributed by atoms with Crippen LogP contribution in [-0.4, -0.2) is 34.2 Å². The van der Waals surface area contributed by atoms with Crippen molar-refractivity contribution in [2.24, 2.45) is 46.3 Å². The molecule has 0 aromatic rings. The minimum absolute atomic E-state index is 0.128. The second-order valence-corrected chi connectivity index (χ2v) is 12.2. The van der Waals surface area contributed by atoms with Gasteiger partial charge in [-0.2, -0.15) is 0 Å². The molecule has 0 aromatic carbocycles. The fourth-order valence-electron chi connectivity index (χ4n) is 8.96. The van der Waals surface area contributed by atoms with Gasteiger partial charge in [0.25, 0.3) is 0 Å². The van der Waals surface area contributed by atoms with Crippen molar-refractivity contribution in [2.45, 2.75) is 104 Å². The molecule has 0 spiro atoms. The van der Waals surface area contributed by atoms with Gasteiger partial charge in [-0.25, -0.2) is 0 Å². The number of amides is 2. The van der Waals surface area contributed by atoms with Crippen LogP contribution in [0.4, 0.5) is 0 Å². The average Bonchev–Trinajstić information content (AvgIpc) is 3.09. The smallest absolute Gasteiger partial charge is 0.238 e. The fourth-order valence-corrected chi connectivity index (χ4v) is 8.96. The minimum atomic E-state index is -0.260. The lowest BCUT2D eigenvalue weighted by atomic mass is 9.43. The number of hydrazine groups is 1. The Labute approximate surface area is 193 Å². The largest absolute Gasteiger partial charge is 0.393 e. The Bertz CT molecular complexity index is 729. The second-order valence-electron chi connectivity index (χ2n) is 12.2. The van der Waals surface area contributed by atoms with Gasteiger partial charge in [-0.15, -0.1) is 0 Å². The Morgan fingerprint density at radius 3 is 2.38 bits per heavy atom. The van der Waals surface area contributed by atoms with Gasteiger partial charge in [0, 0.05) is 13.3 Å². The molecule has 6 nitrogen and oxygen atoms in total. The number of hydrogen-bond acceptors (Lipinski definition) is 4. The molecule has 0 radical (unpaired) electrons. The standard InChI is InChI=1S/C26H44N2O4/c1-15(5-8-23(32)28-27-16(2)29)19-6-7-20-24-21(10-12-26(19,20)4)25(3)11-9-18(30)13-17(25)14-22(24)31/h15,17-22,24,30-31H,5-14H2,1-4H3,(H,27,29)(H,28,32)/t15-,17+,18-,19-,20+,21+,22+,24+,25+,26-/m1/s1. The van der Waals surface area contributed by atoms with E-state index in [1.54, 1.807) is 0 Å². The summed E-state index contributed by atoms with van der Waals surface area (Å²) in [6, 6.07) is 0. The van der Waals surface area contributed by atoms with Gasteiger partial charge in [-0.3, -0.25) is 20.4 Å². The summed E-state index contributed by atoms with van der Waals surface area (Å²) in [5.41, 5.74) is 5.34. The molecule has 0 aromatic heterocycles. The highest BCUT2D eigenvalue weighted by atomic mass is 16.3. The average molecular weight is 449 g/mol. The number of carbonyl (C=O) groups is 2. The van der Waals surface area contributed by atoms with Crippen LogP contribution in [0.2, 0.25) is 0 Å². The molecule has 182 valence electrons. The van der Waals surface area contributed by atoms with Crippen LogP contribution in [0.5, 0.6) is 0 Å². The fraction of sp³-hybridized carbons (Fsp3) is 0.923. The van der Waals surface area contributed by atoms with Crippen molar-refractivity contribution < 1.29 is 19.8 Å². The first kappa shape index (κ1) is 24.0. The van der Waals surface area contributed by atoms with Crippen LogP contribution in [0.25, 0.3) is 0 Å². The Morgan fingerprint density at radius 1 is 0.969 bits per heavy atom. The molecular formula is C26H44N2O4. The van der Waals surface area contributed by atoms with E-state index in [2.05, 4.69) is 31.6 Å². The second kappa shape index (κ2) is 8.90. The quantitative estimate of drug-likeness (QED) is 0.494. The summed E-state index contributed by atoms with van der Waals surface area (Å²) in [6.45, 7) is 8.59. The van der Waals surface area contributed by atoms with E-state index < -0.39 is 0 Å². The predicted molar refractivity (Wildman–Crippen MR) is 123 cm³/mol. The van der Waals surface area contributed by atoms with E-state index in [1.165, 1.54) is 32.6 Å². The lowest BCUT2D eigenvalue weighted by Crippen LogP contribution is -2.58. The van der Waals surface area contributed by atoms with Gasteiger partial charge in [0.05, 0.1) is 12.2 Å². The maximum atomic E-state index is 12.1. The van der Waals surface area contributed by atoms with Crippen molar-refractivity contribution in [1.29, 1.82) is 0 Å². The van der Waals surface area contributed by atoms with E-state index in [1.807, 2.05) is 0 Å². The van der Waals surface area contributed by atoms with Gasteiger partial charge in [-0.05, 0) is 104 Å². The number of aliphatic hydroxyl groups is 2. The van der Waals surface area contributed by atoms with Gasteiger partial charge in [0.1, 0.15) is 0 Å². The maximum absolute atomic E-state index is 12.1. The number of fused-ring (bicyclic) bond motifs is 5. The van der Waals surface area contributed by atoms with Crippen molar-refractivity contribution in [2.75, 3.05) is 0 Å². The Morgan fingerprint density at radius 2 is 1.66 bits per heavy atom. The van der Waals surface area contributed by atoms with Crippen LogP contribution in [0, 0.1) is 46.3 Å². The Kier molecular flexibility index (Phi) is 6.68. The summed E-state index contributed by atoms with van der Waals surface area (Å²) in [4.78, 5) is 23.1. The van der Waals surface area contributed by atoms with Crippen LogP contribution in [0.15, 0.2) is 0 Å². The predicted octanol–water partition coefficient (Wildman–Crippen LogP) is 3.56. The molecule has 32 heavy (non-hydrogen) atoms. The highest BCUT2D eigenvalue weighted by molar-refractivity contribution is 5.80. The van der Waals surface area contributed by atoms with E-state index in [9.17, 15) is 19.8 Å². The van der Waals surface area contributed by atoms with Crippen molar-refractivity contribution in [1.82, 2.24) is 10.9 Å². The van der Waals surface area contributed by atoms with Crippen LogP contribution >= 0.6 is 0 Å². The molecule has 4 fully saturated rings. The Balaban J connectivity index is 1.44. The number of carbonyl (C=O) groups excluding carboxylic acids is 2. The molecule has 4 aliphatic carbocycles. The third kappa shape index (κ3) is 4.11. The summed E-state index contributed by atoms with van der Waals surface area (Å²) >= 11 is 0. The molecule has 10 atom stereocenters. The SMILES string of the molecule is CC(=O)NNC(=O)CC[C@@H](C)[C@H]1CC[C@H]2[C@@H]3[C@@H](O)C[C@@H]4C[C@H](O)CC[C@]4(C)[C@H]3CC[C@]12C. The zero-order valence-corrected chi connectivity index (χ0v) is 20.4. The summed E-state index contributed by atoms with van der Waals surface area (Å²) in [6.07, 6.45) is 9.30. The molecule has 2 amide bonds. The molecule has 4 aliphatic rings. The lowest BCUT2D eigenvalue weighted by molar-refractivity contribution is -0.174. The van der Waals surface area contributed by atoms with Crippen LogP contribution < -0.4 is 10.9 Å². The van der Waals surface area contributed by atoms with Crippen LogP contribution in [0.1, 0.15) is 91.9 Å². The number of hydrogen-bond donors (Lipinski definition) is 4. The summed E-state index contributed by atoms with van der Waals surface area (Å²) < 4.78 is 0. The van der Waals surface area contributed by atoms with Crippen LogP contribution in [-0.2, 0) is 9.59 Å². The minimum Gasteiger partial charge on any atom is -0.393 e. The van der Waals surface area contributed by atoms with Gasteiger partial charge >= 0.3 is 0 Å². The molecule has 0 heterocycles. The van der Waals surface area contributed by atoms with Crippen LogP contribution in [0.3, 0.4) is 0 Å². The summed E-state index contributed by atoms with van der Waals surface area (Å²) in [7, 11) is 0. The van der Waals surface area contributed by atoms with Crippen molar-refractivity contribution in [3.05, 3.63) is 0 Å². The molecule has 4 saturated carbocycles. The zero-order chi connectivity index (χ0) is 23.3. The maximum Gasteiger partial charge on any atom is 0.238 e. The molecule has 4 N–H and O–H groups in total. The van der Waals surface area contributed by atoms with Crippen molar-refractivity contribution in [3.8, 4) is 0 Å². The van der Waals surface area contributed by atoms with E-state index in [0.29, 0.717) is 41.9 Å². The first-order valence-corrected chi connectivity index (χ1v) is 13.0. The first-order chi connectivity index (χ1) is 15.1. The van der Waals surface area contributed by atoms with Gasteiger partial charge in [-0.1, -0.05) is 20.8 Å². The molecule has 0 unspecified atom stereocenters. The van der Waals surface area contributed by atoms with Gasteiger partial charge in [0.15, 0.2) is 0 Å². The number of nitrogens with one attached hydrogen (secondary N) is 2. The molecule has 6 heteroatoms. The normalized spacial score (nSPS) is 46.4. The number of aliphatic hydroxyl groups excluding tert-OH is 2. The van der Waals surface area contributed by atoms with E-state index in [4.69, 9.17) is 0 Å². The summed E-state index contributed by atoms with van der Waals surface area (Å²) in [5, 5.41) is 21.6. The zero-order valence-electron chi connectivity index (χ0n) is 20.4. The topological polar surface area (TPSA) is 98.7 Å². The molecule has 4 rings (SSSR count). The molecule has 0 bridgehead atoms. The summed E-state index contributed by atoms with van der Waals surface area (Å²) in [5.74, 6) is 2.59. The monoisotopic (exact) mass is 448 g/mol. The molecular weight excluding hydrogens is 404 g/mol. The third-order valence-corrected chi connectivity index (χ3v) is 10.6. The number of rotatable bonds is 4. The van der Waals surface area contributed by atoms with E-state index in [0.717, 1.165) is 32.1 Å². The highest BCUT2D eigenvalue weighted by Crippen LogP contribution is 2.68. The van der Waals surface area contributed by atoms with Gasteiger partial charge in [0.2, 0.25) is 11.8 Å². The molecule has 0 saturated heterocycles. The van der Waals surface area contributed by atoms with Gasteiger partial charge < -0.3 is 10.2 Å². The third-order valence-electron chi connectivity index (χ3n) is 10.6. The van der Waals surface area contributed by atoms with Crippen molar-refractivity contribution in [3.63, 3.8) is 0 Å². The lowest BCUT2D eigenvalue weighted by Gasteiger charge is -2.62. The first-order valence-electron chi connectivity index (χ1n) is 13.0. The Hall–Kier alpha value is -1.14. The van der Waals surface area contributed by atoms with E-state index in [-0.39, 0.29) is 34.9 Å². The van der Waals surface area contributed by atoms with Crippen molar-refractivity contribution >= 4 is 11.8 Å². The van der Waals surface area contributed by atoms with E-state index >= 15 is 0 Å². The highest BCUT2D eigenvalue weighted by Gasteiger charge is 2.62. The molecule has 0 aliphatic heterocycles.